The molecular weight excluding hydrogens is 196 g/mol. The molecule has 0 bridgehead atoms. The van der Waals surface area contributed by atoms with Crippen LogP contribution in [0.5, 0.6) is 0 Å². The molecule has 1 aliphatic rings. The smallest absolute Gasteiger partial charge is 0.0674 e. The normalized spacial score (nSPS) is 20.6. The fourth-order valence-corrected chi connectivity index (χ4v) is 2.46. The molecule has 1 heterocycles. The summed E-state index contributed by atoms with van der Waals surface area (Å²) in [4.78, 5) is 2.35. The van der Waals surface area contributed by atoms with Crippen LogP contribution in [0.25, 0.3) is 0 Å². The Balaban J connectivity index is 2.20. The van der Waals surface area contributed by atoms with Crippen LogP contribution in [0.15, 0.2) is 18.2 Å². The van der Waals surface area contributed by atoms with Crippen molar-refractivity contribution in [2.24, 2.45) is 5.92 Å². The topological polar surface area (TPSA) is 27.0 Å². The number of rotatable bonds is 1. The first-order chi connectivity index (χ1) is 7.70. The SMILES string of the molecule is Cc1ccc(N2CCCC(C#N)C2)c(C)c1. The minimum atomic E-state index is 0.203. The lowest BCUT2D eigenvalue weighted by Gasteiger charge is -2.32. The Bertz CT molecular complexity index is 417. The molecule has 1 unspecified atom stereocenters. The number of piperidine rings is 1. The minimum Gasteiger partial charge on any atom is -0.370 e. The van der Waals surface area contributed by atoms with E-state index in [2.05, 4.69) is 43.0 Å². The lowest BCUT2D eigenvalue weighted by Crippen LogP contribution is -2.35. The summed E-state index contributed by atoms with van der Waals surface area (Å²) in [6.07, 6.45) is 2.18. The van der Waals surface area contributed by atoms with Gasteiger partial charge in [-0.05, 0) is 38.3 Å². The molecule has 16 heavy (non-hydrogen) atoms. The maximum atomic E-state index is 8.99. The van der Waals surface area contributed by atoms with Crippen LogP contribution in [0, 0.1) is 31.1 Å². The third-order valence-electron chi connectivity index (χ3n) is 3.30. The van der Waals surface area contributed by atoms with Gasteiger partial charge in [0.1, 0.15) is 0 Å². The third kappa shape index (κ3) is 2.19. The lowest BCUT2D eigenvalue weighted by atomic mass is 9.98. The Kier molecular flexibility index (Phi) is 3.14. The van der Waals surface area contributed by atoms with Crippen LogP contribution >= 0.6 is 0 Å². The number of hydrogen-bond acceptors (Lipinski definition) is 2. The Morgan fingerprint density at radius 3 is 2.88 bits per heavy atom. The molecule has 84 valence electrons. The van der Waals surface area contributed by atoms with Crippen LogP contribution in [0.3, 0.4) is 0 Å². The average molecular weight is 214 g/mol. The molecular formula is C14H18N2. The molecule has 1 aliphatic heterocycles. The molecule has 2 rings (SSSR count). The molecule has 1 aromatic carbocycles. The molecule has 2 nitrogen and oxygen atoms in total. The second-order valence-corrected chi connectivity index (χ2v) is 4.70. The van der Waals surface area contributed by atoms with E-state index < -0.39 is 0 Å². The zero-order chi connectivity index (χ0) is 11.5. The summed E-state index contributed by atoms with van der Waals surface area (Å²) in [7, 11) is 0. The summed E-state index contributed by atoms with van der Waals surface area (Å²) < 4.78 is 0. The lowest BCUT2D eigenvalue weighted by molar-refractivity contribution is 0.493. The maximum absolute atomic E-state index is 8.99. The fraction of sp³-hybridized carbons (Fsp3) is 0.500. The Hall–Kier alpha value is -1.49. The van der Waals surface area contributed by atoms with Gasteiger partial charge >= 0.3 is 0 Å². The summed E-state index contributed by atoms with van der Waals surface area (Å²) in [5, 5.41) is 8.99. The van der Waals surface area contributed by atoms with Gasteiger partial charge in [-0.2, -0.15) is 5.26 Å². The van der Waals surface area contributed by atoms with E-state index >= 15 is 0 Å². The van der Waals surface area contributed by atoms with Crippen molar-refractivity contribution < 1.29 is 0 Å². The van der Waals surface area contributed by atoms with E-state index in [0.29, 0.717) is 0 Å². The summed E-state index contributed by atoms with van der Waals surface area (Å²) in [6.45, 7) is 6.24. The largest absolute Gasteiger partial charge is 0.370 e. The zero-order valence-electron chi connectivity index (χ0n) is 10.0. The van der Waals surface area contributed by atoms with E-state index in [1.54, 1.807) is 0 Å². The van der Waals surface area contributed by atoms with Crippen molar-refractivity contribution in [2.75, 3.05) is 18.0 Å². The van der Waals surface area contributed by atoms with Gasteiger partial charge in [0.25, 0.3) is 0 Å². The number of hydrogen-bond donors (Lipinski definition) is 0. The second-order valence-electron chi connectivity index (χ2n) is 4.70. The van der Waals surface area contributed by atoms with E-state index in [1.807, 2.05) is 0 Å². The monoisotopic (exact) mass is 214 g/mol. The molecule has 0 saturated carbocycles. The van der Waals surface area contributed by atoms with Gasteiger partial charge in [0.15, 0.2) is 0 Å². The highest BCUT2D eigenvalue weighted by molar-refractivity contribution is 5.54. The standard InChI is InChI=1S/C14H18N2/c1-11-5-6-14(12(2)8-11)16-7-3-4-13(9-15)10-16/h5-6,8,13H,3-4,7,10H2,1-2H3. The molecule has 1 atom stereocenters. The molecule has 0 radical (unpaired) electrons. The van der Waals surface area contributed by atoms with Crippen LogP contribution in [-0.4, -0.2) is 13.1 Å². The van der Waals surface area contributed by atoms with Gasteiger partial charge in [-0.3, -0.25) is 0 Å². The third-order valence-corrected chi connectivity index (χ3v) is 3.30. The Morgan fingerprint density at radius 1 is 1.38 bits per heavy atom. The first-order valence-electron chi connectivity index (χ1n) is 5.92. The van der Waals surface area contributed by atoms with Crippen molar-refractivity contribution in [3.05, 3.63) is 29.3 Å². The van der Waals surface area contributed by atoms with Crippen molar-refractivity contribution in [2.45, 2.75) is 26.7 Å². The van der Waals surface area contributed by atoms with Gasteiger partial charge in [-0.25, -0.2) is 0 Å². The van der Waals surface area contributed by atoms with E-state index in [1.165, 1.54) is 16.8 Å². The van der Waals surface area contributed by atoms with Crippen LogP contribution < -0.4 is 4.90 Å². The van der Waals surface area contributed by atoms with Gasteiger partial charge in [0.05, 0.1) is 12.0 Å². The predicted octanol–water partition coefficient (Wildman–Crippen LogP) is 3.04. The van der Waals surface area contributed by atoms with E-state index in [9.17, 15) is 0 Å². The van der Waals surface area contributed by atoms with E-state index in [-0.39, 0.29) is 5.92 Å². The van der Waals surface area contributed by atoms with E-state index in [4.69, 9.17) is 5.26 Å². The zero-order valence-corrected chi connectivity index (χ0v) is 10.0. The summed E-state index contributed by atoms with van der Waals surface area (Å²) in [6, 6.07) is 8.94. The molecule has 0 N–H and O–H groups in total. The summed E-state index contributed by atoms with van der Waals surface area (Å²) in [5.41, 5.74) is 3.92. The van der Waals surface area contributed by atoms with Gasteiger partial charge in [-0.15, -0.1) is 0 Å². The second kappa shape index (κ2) is 4.57. The van der Waals surface area contributed by atoms with Crippen LogP contribution in [-0.2, 0) is 0 Å². The van der Waals surface area contributed by atoms with Gasteiger partial charge in [0.2, 0.25) is 0 Å². The maximum Gasteiger partial charge on any atom is 0.0674 e. The minimum absolute atomic E-state index is 0.203. The molecule has 1 aromatic rings. The van der Waals surface area contributed by atoms with E-state index in [0.717, 1.165) is 25.9 Å². The Morgan fingerprint density at radius 2 is 2.19 bits per heavy atom. The van der Waals surface area contributed by atoms with Crippen molar-refractivity contribution in [1.29, 1.82) is 5.26 Å². The van der Waals surface area contributed by atoms with Gasteiger partial charge < -0.3 is 4.90 Å². The highest BCUT2D eigenvalue weighted by atomic mass is 15.1. The predicted molar refractivity (Wildman–Crippen MR) is 66.5 cm³/mol. The van der Waals surface area contributed by atoms with Crippen molar-refractivity contribution in [1.82, 2.24) is 0 Å². The van der Waals surface area contributed by atoms with Crippen LogP contribution in [0.1, 0.15) is 24.0 Å². The molecule has 1 saturated heterocycles. The molecule has 0 amide bonds. The number of benzene rings is 1. The van der Waals surface area contributed by atoms with Gasteiger partial charge in [0, 0.05) is 18.8 Å². The molecule has 2 heteroatoms. The Labute approximate surface area is 97.5 Å². The number of anilines is 1. The van der Waals surface area contributed by atoms with Crippen molar-refractivity contribution in [3.8, 4) is 6.07 Å². The highest BCUT2D eigenvalue weighted by Crippen LogP contribution is 2.26. The van der Waals surface area contributed by atoms with Gasteiger partial charge in [-0.1, -0.05) is 17.7 Å². The number of nitriles is 1. The fourth-order valence-electron chi connectivity index (χ4n) is 2.46. The number of aryl methyl sites for hydroxylation is 2. The van der Waals surface area contributed by atoms with Crippen LogP contribution in [0.2, 0.25) is 0 Å². The first kappa shape index (κ1) is 11.0. The highest BCUT2D eigenvalue weighted by Gasteiger charge is 2.20. The molecule has 0 aliphatic carbocycles. The first-order valence-corrected chi connectivity index (χ1v) is 5.92. The summed E-state index contributed by atoms with van der Waals surface area (Å²) >= 11 is 0. The average Bonchev–Trinajstić information content (AvgIpc) is 2.29. The van der Waals surface area contributed by atoms with Crippen molar-refractivity contribution in [3.63, 3.8) is 0 Å². The molecule has 0 spiro atoms. The van der Waals surface area contributed by atoms with Crippen molar-refractivity contribution >= 4 is 5.69 Å². The quantitative estimate of drug-likeness (QED) is 0.718. The van der Waals surface area contributed by atoms with Crippen LogP contribution in [0.4, 0.5) is 5.69 Å². The molecule has 1 fully saturated rings. The number of nitrogens with zero attached hydrogens (tertiary/aromatic N) is 2. The molecule has 0 aromatic heterocycles. The summed E-state index contributed by atoms with van der Waals surface area (Å²) in [5.74, 6) is 0.203.